The van der Waals surface area contributed by atoms with Crippen molar-refractivity contribution in [2.75, 3.05) is 4.90 Å². The van der Waals surface area contributed by atoms with Gasteiger partial charge in [-0.3, -0.25) is 0 Å². The van der Waals surface area contributed by atoms with Gasteiger partial charge in [-0.25, -0.2) is 0 Å². The summed E-state index contributed by atoms with van der Waals surface area (Å²) in [5, 5.41) is 0. The molecule has 3 aromatic rings. The fourth-order valence-corrected chi connectivity index (χ4v) is 3.62. The minimum absolute atomic E-state index is 0.241. The molecule has 1 unspecified atom stereocenters. The van der Waals surface area contributed by atoms with Crippen LogP contribution < -0.4 is 4.90 Å². The molecule has 0 saturated carbocycles. The molecule has 1 heterocycles. The van der Waals surface area contributed by atoms with Crippen LogP contribution in [0, 0.1) is 18.8 Å². The standard InChI is InChI=1S/C25H23N/c1-20-12-17-25-23(18-20)14-16-24(15-13-21-8-4-2-5-9-21)26(25)19-22-10-6-3-7-11-22/h2-12,17-18,24H,14,16,19H2,1H3. The first kappa shape index (κ1) is 16.5. The molecule has 0 N–H and O–H groups in total. The molecule has 4 rings (SSSR count). The Morgan fingerprint density at radius 3 is 2.42 bits per heavy atom. The predicted octanol–water partition coefficient (Wildman–Crippen LogP) is 5.37. The molecule has 0 saturated heterocycles. The van der Waals surface area contributed by atoms with Gasteiger partial charge in [-0.1, -0.05) is 78.1 Å². The maximum absolute atomic E-state index is 3.54. The SMILES string of the molecule is Cc1ccc2c(c1)CCC(C#Cc1ccccc1)N2Cc1ccccc1. The number of nitrogens with zero attached hydrogens (tertiary/aromatic N) is 1. The third kappa shape index (κ3) is 3.65. The van der Waals surface area contributed by atoms with Crippen molar-refractivity contribution in [3.63, 3.8) is 0 Å². The molecule has 1 heteroatoms. The molecule has 1 atom stereocenters. The van der Waals surface area contributed by atoms with Crippen LogP contribution >= 0.6 is 0 Å². The Morgan fingerprint density at radius 1 is 0.923 bits per heavy atom. The van der Waals surface area contributed by atoms with Crippen molar-refractivity contribution in [2.24, 2.45) is 0 Å². The molecular weight excluding hydrogens is 314 g/mol. The highest BCUT2D eigenvalue weighted by molar-refractivity contribution is 5.60. The Labute approximate surface area is 156 Å². The van der Waals surface area contributed by atoms with E-state index in [1.54, 1.807) is 0 Å². The second-order valence-corrected chi connectivity index (χ2v) is 6.94. The van der Waals surface area contributed by atoms with Gasteiger partial charge in [-0.05, 0) is 49.1 Å². The van der Waals surface area contributed by atoms with E-state index < -0.39 is 0 Å². The van der Waals surface area contributed by atoms with E-state index in [9.17, 15) is 0 Å². The summed E-state index contributed by atoms with van der Waals surface area (Å²) in [5.41, 5.74) is 6.52. The summed E-state index contributed by atoms with van der Waals surface area (Å²) in [7, 11) is 0. The maximum Gasteiger partial charge on any atom is 0.0914 e. The van der Waals surface area contributed by atoms with Crippen molar-refractivity contribution in [1.82, 2.24) is 0 Å². The van der Waals surface area contributed by atoms with Gasteiger partial charge in [0.15, 0.2) is 0 Å². The zero-order chi connectivity index (χ0) is 17.8. The molecule has 0 aliphatic carbocycles. The second-order valence-electron chi connectivity index (χ2n) is 6.94. The summed E-state index contributed by atoms with van der Waals surface area (Å²) in [6.45, 7) is 3.06. The van der Waals surface area contributed by atoms with Gasteiger partial charge >= 0.3 is 0 Å². The minimum atomic E-state index is 0.241. The zero-order valence-corrected chi connectivity index (χ0v) is 15.2. The fraction of sp³-hybridized carbons (Fsp3) is 0.200. The quantitative estimate of drug-likeness (QED) is 0.568. The van der Waals surface area contributed by atoms with E-state index >= 15 is 0 Å². The lowest BCUT2D eigenvalue weighted by Crippen LogP contribution is -2.38. The Kier molecular flexibility index (Phi) is 4.75. The zero-order valence-electron chi connectivity index (χ0n) is 15.2. The summed E-state index contributed by atoms with van der Waals surface area (Å²) in [5.74, 6) is 6.92. The number of hydrogen-bond acceptors (Lipinski definition) is 1. The van der Waals surface area contributed by atoms with Gasteiger partial charge in [0.05, 0.1) is 6.04 Å². The fourth-order valence-electron chi connectivity index (χ4n) is 3.62. The van der Waals surface area contributed by atoms with Gasteiger partial charge in [0.25, 0.3) is 0 Å². The topological polar surface area (TPSA) is 3.24 Å². The summed E-state index contributed by atoms with van der Waals surface area (Å²) in [6.07, 6.45) is 2.17. The van der Waals surface area contributed by atoms with Crippen LogP contribution in [-0.4, -0.2) is 6.04 Å². The summed E-state index contributed by atoms with van der Waals surface area (Å²) in [6, 6.07) is 28.0. The molecule has 0 bridgehead atoms. The first-order valence-corrected chi connectivity index (χ1v) is 9.26. The van der Waals surface area contributed by atoms with E-state index in [2.05, 4.69) is 84.3 Å². The van der Waals surface area contributed by atoms with Crippen LogP contribution in [0.3, 0.4) is 0 Å². The first-order valence-electron chi connectivity index (χ1n) is 9.26. The number of aryl methyl sites for hydroxylation is 2. The Balaban J connectivity index is 1.68. The number of rotatable bonds is 2. The predicted molar refractivity (Wildman–Crippen MR) is 109 cm³/mol. The lowest BCUT2D eigenvalue weighted by atomic mass is 9.93. The number of anilines is 1. The molecule has 128 valence electrons. The molecule has 0 fully saturated rings. The Morgan fingerprint density at radius 2 is 1.65 bits per heavy atom. The van der Waals surface area contributed by atoms with Crippen LogP contribution in [0.5, 0.6) is 0 Å². The van der Waals surface area contributed by atoms with Crippen LogP contribution in [0.4, 0.5) is 5.69 Å². The highest BCUT2D eigenvalue weighted by Crippen LogP contribution is 2.32. The van der Waals surface area contributed by atoms with Gasteiger partial charge in [0.1, 0.15) is 0 Å². The van der Waals surface area contributed by atoms with E-state index in [0.29, 0.717) is 0 Å². The van der Waals surface area contributed by atoms with E-state index in [-0.39, 0.29) is 6.04 Å². The van der Waals surface area contributed by atoms with Crippen molar-refractivity contribution in [2.45, 2.75) is 32.4 Å². The van der Waals surface area contributed by atoms with E-state index in [4.69, 9.17) is 0 Å². The normalized spacial score (nSPS) is 15.7. The highest BCUT2D eigenvalue weighted by atomic mass is 15.2. The molecule has 0 amide bonds. The van der Waals surface area contributed by atoms with Crippen molar-refractivity contribution >= 4 is 5.69 Å². The summed E-state index contributed by atoms with van der Waals surface area (Å²) < 4.78 is 0. The van der Waals surface area contributed by atoms with Crippen LogP contribution in [0.2, 0.25) is 0 Å². The van der Waals surface area contributed by atoms with Crippen molar-refractivity contribution in [3.05, 3.63) is 101 Å². The largest absolute Gasteiger partial charge is 0.353 e. The van der Waals surface area contributed by atoms with Crippen LogP contribution in [-0.2, 0) is 13.0 Å². The number of fused-ring (bicyclic) bond motifs is 1. The molecule has 26 heavy (non-hydrogen) atoms. The van der Waals surface area contributed by atoms with E-state index in [1.165, 1.54) is 22.4 Å². The number of hydrogen-bond donors (Lipinski definition) is 0. The molecule has 0 radical (unpaired) electrons. The first-order chi connectivity index (χ1) is 12.8. The lowest BCUT2D eigenvalue weighted by molar-refractivity contribution is 0.614. The smallest absolute Gasteiger partial charge is 0.0914 e. The maximum atomic E-state index is 3.54. The molecule has 1 aliphatic rings. The molecule has 3 aromatic carbocycles. The number of benzene rings is 3. The second kappa shape index (κ2) is 7.50. The average molecular weight is 337 g/mol. The Hall–Kier alpha value is -2.98. The monoisotopic (exact) mass is 337 g/mol. The lowest BCUT2D eigenvalue weighted by Gasteiger charge is -2.36. The third-order valence-electron chi connectivity index (χ3n) is 4.96. The summed E-state index contributed by atoms with van der Waals surface area (Å²) >= 11 is 0. The van der Waals surface area contributed by atoms with Crippen molar-refractivity contribution < 1.29 is 0 Å². The van der Waals surface area contributed by atoms with Crippen molar-refractivity contribution in [1.29, 1.82) is 0 Å². The molecule has 1 nitrogen and oxygen atoms in total. The molecule has 0 aromatic heterocycles. The van der Waals surface area contributed by atoms with Gasteiger partial charge in [-0.2, -0.15) is 0 Å². The Bertz CT molecular complexity index is 932. The summed E-state index contributed by atoms with van der Waals surface area (Å²) in [4.78, 5) is 2.48. The third-order valence-corrected chi connectivity index (χ3v) is 4.96. The van der Waals surface area contributed by atoms with E-state index in [0.717, 1.165) is 24.9 Å². The van der Waals surface area contributed by atoms with Gasteiger partial charge < -0.3 is 4.90 Å². The van der Waals surface area contributed by atoms with Crippen LogP contribution in [0.1, 0.15) is 28.7 Å². The molecular formula is C25H23N. The average Bonchev–Trinajstić information content (AvgIpc) is 2.69. The van der Waals surface area contributed by atoms with Crippen LogP contribution in [0.15, 0.2) is 78.9 Å². The van der Waals surface area contributed by atoms with Gasteiger partial charge in [0.2, 0.25) is 0 Å². The molecule has 0 spiro atoms. The van der Waals surface area contributed by atoms with Crippen molar-refractivity contribution in [3.8, 4) is 11.8 Å². The van der Waals surface area contributed by atoms with Gasteiger partial charge in [-0.15, -0.1) is 0 Å². The highest BCUT2D eigenvalue weighted by Gasteiger charge is 2.25. The van der Waals surface area contributed by atoms with E-state index in [1.807, 2.05) is 18.2 Å². The molecule has 1 aliphatic heterocycles. The minimum Gasteiger partial charge on any atom is -0.353 e. The van der Waals surface area contributed by atoms with Crippen LogP contribution in [0.25, 0.3) is 0 Å². The van der Waals surface area contributed by atoms with Gasteiger partial charge in [0, 0.05) is 17.8 Å².